The molecule has 0 aliphatic rings. The molecule has 0 bridgehead atoms. The number of ether oxygens (including phenoxy) is 3. The van der Waals surface area contributed by atoms with Crippen LogP contribution in [0.25, 0.3) is 0 Å². The van der Waals surface area contributed by atoms with E-state index in [0.717, 1.165) is 16.8 Å². The normalized spacial score (nSPS) is 10.6. The molecule has 3 rings (SSSR count). The lowest BCUT2D eigenvalue weighted by atomic mass is 10.1. The average molecular weight is 531 g/mol. The van der Waals surface area contributed by atoms with Crippen molar-refractivity contribution in [1.82, 2.24) is 10.2 Å². The molecule has 0 spiro atoms. The van der Waals surface area contributed by atoms with Crippen LogP contribution in [0, 0.1) is 13.8 Å². The summed E-state index contributed by atoms with van der Waals surface area (Å²) in [5.74, 6) is 0.961. The Balaban J connectivity index is 1.64. The molecule has 11 heteroatoms. The third kappa shape index (κ3) is 7.34. The van der Waals surface area contributed by atoms with Crippen molar-refractivity contribution in [2.75, 3.05) is 36.2 Å². The molecule has 0 unspecified atom stereocenters. The van der Waals surface area contributed by atoms with Crippen molar-refractivity contribution in [3.05, 3.63) is 47.0 Å². The summed E-state index contributed by atoms with van der Waals surface area (Å²) in [5.41, 5.74) is 3.26. The summed E-state index contributed by atoms with van der Waals surface area (Å²) in [5, 5.41) is 14.1. The van der Waals surface area contributed by atoms with Crippen LogP contribution in [0.1, 0.15) is 42.3 Å². The summed E-state index contributed by atoms with van der Waals surface area (Å²) in [6.45, 7) is 10.8. The Morgan fingerprint density at radius 3 is 2.19 bits per heavy atom. The molecule has 0 saturated carbocycles. The molecule has 1 heterocycles. The van der Waals surface area contributed by atoms with Crippen LogP contribution in [0.2, 0.25) is 0 Å². The molecule has 0 saturated heterocycles. The van der Waals surface area contributed by atoms with Crippen LogP contribution >= 0.6 is 23.1 Å². The van der Waals surface area contributed by atoms with E-state index in [9.17, 15) is 9.59 Å². The second-order valence-electron chi connectivity index (χ2n) is 7.58. The summed E-state index contributed by atoms with van der Waals surface area (Å²) in [6.07, 6.45) is 0. The van der Waals surface area contributed by atoms with Gasteiger partial charge in [0.1, 0.15) is 0 Å². The number of rotatable bonds is 12. The Labute approximate surface area is 218 Å². The Morgan fingerprint density at radius 2 is 1.58 bits per heavy atom. The number of amides is 2. The SMILES string of the molecule is CCOc1cc(C(=O)Nc2nnc(SCC(=O)Nc3ccc(C)cc3C)s2)cc(OCC)c1OCC. The van der Waals surface area contributed by atoms with E-state index < -0.39 is 0 Å². The highest BCUT2D eigenvalue weighted by Crippen LogP contribution is 2.39. The number of carbonyl (C=O) groups is 2. The van der Waals surface area contributed by atoms with Crippen LogP contribution in [0.4, 0.5) is 10.8 Å². The van der Waals surface area contributed by atoms with Gasteiger partial charge < -0.3 is 19.5 Å². The first kappa shape index (κ1) is 27.3. The van der Waals surface area contributed by atoms with Crippen LogP contribution in [-0.2, 0) is 4.79 Å². The number of nitrogens with zero attached hydrogens (tertiary/aromatic N) is 2. The predicted molar refractivity (Wildman–Crippen MR) is 143 cm³/mol. The van der Waals surface area contributed by atoms with Gasteiger partial charge in [0.15, 0.2) is 15.8 Å². The van der Waals surface area contributed by atoms with E-state index >= 15 is 0 Å². The lowest BCUT2D eigenvalue weighted by Crippen LogP contribution is -2.14. The second-order valence-corrected chi connectivity index (χ2v) is 9.78. The smallest absolute Gasteiger partial charge is 0.257 e. The van der Waals surface area contributed by atoms with Gasteiger partial charge in [0.25, 0.3) is 5.91 Å². The zero-order chi connectivity index (χ0) is 26.1. The molecule has 2 amide bonds. The summed E-state index contributed by atoms with van der Waals surface area (Å²) in [7, 11) is 0. The average Bonchev–Trinajstić information content (AvgIpc) is 3.29. The van der Waals surface area contributed by atoms with Gasteiger partial charge >= 0.3 is 0 Å². The monoisotopic (exact) mass is 530 g/mol. The molecule has 0 atom stereocenters. The molecule has 9 nitrogen and oxygen atoms in total. The molecule has 36 heavy (non-hydrogen) atoms. The van der Waals surface area contributed by atoms with Gasteiger partial charge in [0.2, 0.25) is 16.8 Å². The van der Waals surface area contributed by atoms with Gasteiger partial charge in [0.05, 0.1) is 25.6 Å². The first-order valence-electron chi connectivity index (χ1n) is 11.6. The Hall–Kier alpha value is -3.31. The lowest BCUT2D eigenvalue weighted by molar-refractivity contribution is -0.113. The fraction of sp³-hybridized carbons (Fsp3) is 0.360. The zero-order valence-corrected chi connectivity index (χ0v) is 22.6. The van der Waals surface area contributed by atoms with Crippen molar-refractivity contribution in [1.29, 1.82) is 0 Å². The van der Waals surface area contributed by atoms with Gasteiger partial charge in [-0.15, -0.1) is 10.2 Å². The summed E-state index contributed by atoms with van der Waals surface area (Å²) < 4.78 is 17.6. The number of aromatic nitrogens is 2. The molecule has 3 aromatic rings. The first-order valence-corrected chi connectivity index (χ1v) is 13.4. The second kappa shape index (κ2) is 13.1. The number of carbonyl (C=O) groups excluding carboxylic acids is 2. The number of benzene rings is 2. The van der Waals surface area contributed by atoms with Gasteiger partial charge in [0, 0.05) is 11.3 Å². The highest BCUT2D eigenvalue weighted by Gasteiger charge is 2.19. The van der Waals surface area contributed by atoms with Crippen molar-refractivity contribution in [2.24, 2.45) is 0 Å². The number of thioether (sulfide) groups is 1. The van der Waals surface area contributed by atoms with Crippen molar-refractivity contribution in [3.63, 3.8) is 0 Å². The van der Waals surface area contributed by atoms with E-state index in [0.29, 0.717) is 52.1 Å². The largest absolute Gasteiger partial charge is 0.490 e. The van der Waals surface area contributed by atoms with Gasteiger partial charge in [-0.2, -0.15) is 0 Å². The maximum atomic E-state index is 12.9. The van der Waals surface area contributed by atoms with E-state index in [1.54, 1.807) is 12.1 Å². The Bertz CT molecular complexity index is 1190. The third-order valence-electron chi connectivity index (χ3n) is 4.78. The molecule has 0 fully saturated rings. The first-order chi connectivity index (χ1) is 17.3. The van der Waals surface area contributed by atoms with Crippen LogP contribution in [0.15, 0.2) is 34.7 Å². The number of anilines is 2. The van der Waals surface area contributed by atoms with Gasteiger partial charge in [-0.05, 0) is 58.4 Å². The summed E-state index contributed by atoms with van der Waals surface area (Å²) >= 11 is 2.44. The molecule has 2 N–H and O–H groups in total. The van der Waals surface area contributed by atoms with Crippen molar-refractivity contribution >= 4 is 45.7 Å². The Morgan fingerprint density at radius 1 is 0.917 bits per heavy atom. The molecule has 0 aliphatic heterocycles. The van der Waals surface area contributed by atoms with E-state index in [1.807, 2.05) is 52.8 Å². The van der Waals surface area contributed by atoms with Crippen molar-refractivity contribution < 1.29 is 23.8 Å². The van der Waals surface area contributed by atoms with Crippen LogP contribution in [0.3, 0.4) is 0 Å². The van der Waals surface area contributed by atoms with Gasteiger partial charge in [-0.3, -0.25) is 14.9 Å². The van der Waals surface area contributed by atoms with Crippen LogP contribution < -0.4 is 24.8 Å². The minimum absolute atomic E-state index is 0.144. The van der Waals surface area contributed by atoms with Gasteiger partial charge in [-0.1, -0.05) is 40.8 Å². The van der Waals surface area contributed by atoms with E-state index in [-0.39, 0.29) is 17.6 Å². The van der Waals surface area contributed by atoms with Crippen LogP contribution in [0.5, 0.6) is 17.2 Å². The van der Waals surface area contributed by atoms with E-state index in [2.05, 4.69) is 20.8 Å². The fourth-order valence-electron chi connectivity index (χ4n) is 3.28. The molecule has 0 radical (unpaired) electrons. The third-order valence-corrected chi connectivity index (χ3v) is 6.75. The minimum Gasteiger partial charge on any atom is -0.490 e. The van der Waals surface area contributed by atoms with Crippen LogP contribution in [-0.4, -0.2) is 47.6 Å². The molecule has 192 valence electrons. The maximum Gasteiger partial charge on any atom is 0.257 e. The van der Waals surface area contributed by atoms with E-state index in [4.69, 9.17) is 14.2 Å². The summed E-state index contributed by atoms with van der Waals surface area (Å²) in [6, 6.07) is 9.08. The number of hydrogen-bond acceptors (Lipinski definition) is 9. The molecule has 0 aliphatic carbocycles. The number of nitrogens with one attached hydrogen (secondary N) is 2. The number of hydrogen-bond donors (Lipinski definition) is 2. The Kier molecular flexibility index (Phi) is 9.95. The van der Waals surface area contributed by atoms with E-state index in [1.165, 1.54) is 23.1 Å². The quantitative estimate of drug-likeness (QED) is 0.239. The van der Waals surface area contributed by atoms with Crippen molar-refractivity contribution in [3.8, 4) is 17.2 Å². The molecular weight excluding hydrogens is 500 g/mol. The summed E-state index contributed by atoms with van der Waals surface area (Å²) in [4.78, 5) is 25.3. The fourth-order valence-corrected chi connectivity index (χ4v) is 4.82. The molecule has 1 aromatic heterocycles. The molecular formula is C25H30N4O5S2. The molecule has 2 aromatic carbocycles. The highest BCUT2D eigenvalue weighted by molar-refractivity contribution is 8.01. The highest BCUT2D eigenvalue weighted by atomic mass is 32.2. The van der Waals surface area contributed by atoms with Gasteiger partial charge in [-0.25, -0.2) is 0 Å². The van der Waals surface area contributed by atoms with Crippen molar-refractivity contribution in [2.45, 2.75) is 39.0 Å². The predicted octanol–water partition coefficient (Wildman–Crippen LogP) is 5.33. The standard InChI is InChI=1S/C25H30N4O5S2/c1-6-32-19-12-17(13-20(33-7-2)22(19)34-8-3)23(31)27-24-28-29-25(36-24)35-14-21(30)26-18-10-9-15(4)11-16(18)5/h9-13H,6-8,14H2,1-5H3,(H,26,30)(H,27,28,31). The lowest BCUT2D eigenvalue weighted by Gasteiger charge is -2.16. The topological polar surface area (TPSA) is 112 Å². The number of aryl methyl sites for hydroxylation is 2. The maximum absolute atomic E-state index is 12.9. The minimum atomic E-state index is -0.389. The zero-order valence-electron chi connectivity index (χ0n) is 21.0.